The molecule has 0 heterocycles. The maximum Gasteiger partial charge on any atom is 0.130 e. The highest BCUT2D eigenvalue weighted by Crippen LogP contribution is 2.21. The summed E-state index contributed by atoms with van der Waals surface area (Å²) in [5.41, 5.74) is -0.0488. The van der Waals surface area contributed by atoms with E-state index in [1.807, 2.05) is 7.05 Å². The minimum Gasteiger partial charge on any atom is -0.374 e. The smallest absolute Gasteiger partial charge is 0.130 e. The van der Waals surface area contributed by atoms with Gasteiger partial charge in [0.1, 0.15) is 5.78 Å². The summed E-state index contributed by atoms with van der Waals surface area (Å²) in [7, 11) is 1.93. The molecule has 17 heavy (non-hydrogen) atoms. The SMILES string of the molecule is CNCCOC(C)(C)CCCC(C)CC(C)=O. The Bertz CT molecular complexity index is 214. The molecule has 0 aliphatic rings. The van der Waals surface area contributed by atoms with Crippen LogP contribution in [-0.4, -0.2) is 31.6 Å². The van der Waals surface area contributed by atoms with Crippen molar-refractivity contribution in [3.8, 4) is 0 Å². The monoisotopic (exact) mass is 243 g/mol. The van der Waals surface area contributed by atoms with Gasteiger partial charge >= 0.3 is 0 Å². The van der Waals surface area contributed by atoms with Crippen LogP contribution >= 0.6 is 0 Å². The van der Waals surface area contributed by atoms with Crippen LogP contribution in [0.4, 0.5) is 0 Å². The molecule has 0 radical (unpaired) electrons. The minimum absolute atomic E-state index is 0.0488. The van der Waals surface area contributed by atoms with Crippen LogP contribution in [0.3, 0.4) is 0 Å². The van der Waals surface area contributed by atoms with E-state index in [4.69, 9.17) is 4.74 Å². The van der Waals surface area contributed by atoms with Crippen LogP contribution in [0.25, 0.3) is 0 Å². The lowest BCUT2D eigenvalue weighted by atomic mass is 9.94. The third kappa shape index (κ3) is 10.5. The molecule has 0 saturated carbocycles. The number of ether oxygens (including phenoxy) is 1. The van der Waals surface area contributed by atoms with E-state index in [9.17, 15) is 4.79 Å². The molecular formula is C14H29NO2. The summed E-state index contributed by atoms with van der Waals surface area (Å²) in [6.45, 7) is 9.74. The lowest BCUT2D eigenvalue weighted by molar-refractivity contribution is -0.117. The van der Waals surface area contributed by atoms with E-state index in [1.165, 1.54) is 0 Å². The molecule has 3 nitrogen and oxygen atoms in total. The molecular weight excluding hydrogens is 214 g/mol. The molecule has 0 rings (SSSR count). The number of Topliss-reactive ketones (excluding diaryl/α,β-unsaturated/α-hetero) is 1. The zero-order valence-corrected chi connectivity index (χ0v) is 12.1. The van der Waals surface area contributed by atoms with Crippen molar-refractivity contribution >= 4 is 5.78 Å². The Morgan fingerprint density at radius 3 is 2.59 bits per heavy atom. The lowest BCUT2D eigenvalue weighted by Gasteiger charge is -2.26. The van der Waals surface area contributed by atoms with Gasteiger partial charge in [-0.25, -0.2) is 0 Å². The fourth-order valence-electron chi connectivity index (χ4n) is 1.97. The van der Waals surface area contributed by atoms with Gasteiger partial charge in [0, 0.05) is 13.0 Å². The van der Waals surface area contributed by atoms with E-state index in [1.54, 1.807) is 6.92 Å². The lowest BCUT2D eigenvalue weighted by Crippen LogP contribution is -2.28. The van der Waals surface area contributed by atoms with E-state index < -0.39 is 0 Å². The first kappa shape index (κ1) is 16.6. The largest absolute Gasteiger partial charge is 0.374 e. The molecule has 0 bridgehead atoms. The van der Waals surface area contributed by atoms with Crippen LogP contribution in [-0.2, 0) is 9.53 Å². The average molecular weight is 243 g/mol. The van der Waals surface area contributed by atoms with Crippen molar-refractivity contribution < 1.29 is 9.53 Å². The Kier molecular flexibility index (Phi) is 8.44. The minimum atomic E-state index is -0.0488. The molecule has 0 saturated heterocycles. The maximum atomic E-state index is 11.0. The first-order valence-corrected chi connectivity index (χ1v) is 6.65. The van der Waals surface area contributed by atoms with Gasteiger partial charge in [0.25, 0.3) is 0 Å². The normalized spacial score (nSPS) is 13.7. The van der Waals surface area contributed by atoms with Gasteiger partial charge in [-0.3, -0.25) is 0 Å². The zero-order valence-electron chi connectivity index (χ0n) is 12.1. The molecule has 0 aromatic heterocycles. The van der Waals surface area contributed by atoms with Gasteiger partial charge in [-0.05, 0) is 40.2 Å². The molecule has 0 aromatic carbocycles. The predicted molar refractivity (Wildman–Crippen MR) is 72.3 cm³/mol. The number of carbonyl (C=O) groups is 1. The highest BCUT2D eigenvalue weighted by atomic mass is 16.5. The van der Waals surface area contributed by atoms with Crippen LogP contribution in [0.15, 0.2) is 0 Å². The van der Waals surface area contributed by atoms with Gasteiger partial charge in [-0.15, -0.1) is 0 Å². The molecule has 3 heteroatoms. The molecule has 1 atom stereocenters. The van der Waals surface area contributed by atoms with E-state index in [0.29, 0.717) is 18.1 Å². The predicted octanol–water partition coefficient (Wildman–Crippen LogP) is 2.79. The summed E-state index contributed by atoms with van der Waals surface area (Å²) in [5, 5.41) is 3.07. The van der Waals surface area contributed by atoms with Crippen LogP contribution in [0, 0.1) is 5.92 Å². The molecule has 1 unspecified atom stereocenters. The Labute approximate surface area is 106 Å². The first-order valence-electron chi connectivity index (χ1n) is 6.65. The topological polar surface area (TPSA) is 38.3 Å². The second-order valence-electron chi connectivity index (χ2n) is 5.62. The van der Waals surface area contributed by atoms with E-state index in [0.717, 1.165) is 32.4 Å². The van der Waals surface area contributed by atoms with E-state index in [-0.39, 0.29) is 5.60 Å². The fourth-order valence-corrected chi connectivity index (χ4v) is 1.97. The molecule has 0 aliphatic carbocycles. The summed E-state index contributed by atoms with van der Waals surface area (Å²) < 4.78 is 5.80. The second-order valence-corrected chi connectivity index (χ2v) is 5.62. The standard InChI is InChI=1S/C14H29NO2/c1-12(11-13(2)16)7-6-8-14(3,4)17-10-9-15-5/h12,15H,6-11H2,1-5H3. The molecule has 1 N–H and O–H groups in total. The summed E-state index contributed by atoms with van der Waals surface area (Å²) in [5.74, 6) is 0.794. The summed E-state index contributed by atoms with van der Waals surface area (Å²) >= 11 is 0. The second kappa shape index (κ2) is 8.65. The Morgan fingerprint density at radius 1 is 1.41 bits per heavy atom. The van der Waals surface area contributed by atoms with Crippen molar-refractivity contribution in [1.82, 2.24) is 5.32 Å². The third-order valence-electron chi connectivity index (χ3n) is 2.96. The first-order chi connectivity index (χ1) is 7.87. The van der Waals surface area contributed by atoms with Crippen molar-refractivity contribution in [2.24, 2.45) is 5.92 Å². The van der Waals surface area contributed by atoms with Crippen LogP contribution in [0.2, 0.25) is 0 Å². The molecule has 0 aliphatic heterocycles. The highest BCUT2D eigenvalue weighted by molar-refractivity contribution is 5.75. The van der Waals surface area contributed by atoms with Crippen molar-refractivity contribution in [3.05, 3.63) is 0 Å². The number of nitrogens with one attached hydrogen (secondary N) is 1. The number of likely N-dealkylation sites (N-methyl/N-ethyl adjacent to an activating group) is 1. The van der Waals surface area contributed by atoms with Crippen LogP contribution in [0.1, 0.15) is 53.4 Å². The summed E-state index contributed by atoms with van der Waals surface area (Å²) in [6, 6.07) is 0. The van der Waals surface area contributed by atoms with Gasteiger partial charge < -0.3 is 14.8 Å². The van der Waals surface area contributed by atoms with Crippen molar-refractivity contribution in [2.75, 3.05) is 20.2 Å². The van der Waals surface area contributed by atoms with Gasteiger partial charge in [-0.1, -0.05) is 19.8 Å². The Morgan fingerprint density at radius 2 is 2.06 bits per heavy atom. The molecule has 102 valence electrons. The number of carbonyl (C=O) groups excluding carboxylic acids is 1. The van der Waals surface area contributed by atoms with Gasteiger partial charge in [0.15, 0.2) is 0 Å². The van der Waals surface area contributed by atoms with E-state index in [2.05, 4.69) is 26.1 Å². The fraction of sp³-hybridized carbons (Fsp3) is 0.929. The third-order valence-corrected chi connectivity index (χ3v) is 2.96. The van der Waals surface area contributed by atoms with Crippen molar-refractivity contribution in [1.29, 1.82) is 0 Å². The number of ketones is 1. The van der Waals surface area contributed by atoms with Crippen LogP contribution in [0.5, 0.6) is 0 Å². The van der Waals surface area contributed by atoms with E-state index >= 15 is 0 Å². The van der Waals surface area contributed by atoms with Gasteiger partial charge in [0.2, 0.25) is 0 Å². The van der Waals surface area contributed by atoms with Gasteiger partial charge in [0.05, 0.1) is 12.2 Å². The molecule has 0 aromatic rings. The molecule has 0 spiro atoms. The Balaban J connectivity index is 3.67. The van der Waals surface area contributed by atoms with Gasteiger partial charge in [-0.2, -0.15) is 0 Å². The highest BCUT2D eigenvalue weighted by Gasteiger charge is 2.18. The number of rotatable bonds is 10. The summed E-state index contributed by atoms with van der Waals surface area (Å²) in [4.78, 5) is 11.0. The van der Waals surface area contributed by atoms with Crippen molar-refractivity contribution in [3.63, 3.8) is 0 Å². The summed E-state index contributed by atoms with van der Waals surface area (Å²) in [6.07, 6.45) is 4.00. The molecule has 0 fully saturated rings. The maximum absolute atomic E-state index is 11.0. The number of hydrogen-bond acceptors (Lipinski definition) is 3. The van der Waals surface area contributed by atoms with Crippen molar-refractivity contribution in [2.45, 2.75) is 59.0 Å². The number of hydrogen-bond donors (Lipinski definition) is 1. The average Bonchev–Trinajstić information content (AvgIpc) is 2.16. The zero-order chi connectivity index (χ0) is 13.3. The Hall–Kier alpha value is -0.410. The molecule has 0 amide bonds. The quantitative estimate of drug-likeness (QED) is 0.600. The van der Waals surface area contributed by atoms with Crippen LogP contribution < -0.4 is 5.32 Å².